The molecule has 24 heavy (non-hydrogen) atoms. The molecule has 0 aliphatic carbocycles. The Kier molecular flexibility index (Phi) is 6.80. The fourth-order valence-corrected chi connectivity index (χ4v) is 2.75. The van der Waals surface area contributed by atoms with Gasteiger partial charge in [0.1, 0.15) is 12.0 Å². The highest BCUT2D eigenvalue weighted by Gasteiger charge is 2.21. The standard InChI is InChI=1S/C22H26O2/c1-22(18-23,20-13-7-5-8-14-20)16-9-4-3-6-11-19-12-10-15-21(17-19)24-2/h5,7-10,12-18H,3-4,6,11H2,1-2H3/b16-9+/t22-/m0/s1. The van der Waals surface area contributed by atoms with Gasteiger partial charge < -0.3 is 9.53 Å². The minimum absolute atomic E-state index is 0.534. The van der Waals surface area contributed by atoms with Crippen molar-refractivity contribution in [3.8, 4) is 5.75 Å². The number of hydrogen-bond acceptors (Lipinski definition) is 2. The van der Waals surface area contributed by atoms with E-state index in [2.05, 4.69) is 18.2 Å². The molecule has 0 fully saturated rings. The number of carbonyl (C=O) groups excluding carboxylic acids is 1. The molecule has 0 aliphatic heterocycles. The average molecular weight is 322 g/mol. The first-order valence-corrected chi connectivity index (χ1v) is 8.50. The van der Waals surface area contributed by atoms with Gasteiger partial charge in [0.05, 0.1) is 12.5 Å². The van der Waals surface area contributed by atoms with Gasteiger partial charge >= 0.3 is 0 Å². The third-order valence-electron chi connectivity index (χ3n) is 4.33. The maximum absolute atomic E-state index is 11.5. The number of methoxy groups -OCH3 is 1. The molecule has 0 amide bonds. The van der Waals surface area contributed by atoms with E-state index in [1.807, 2.05) is 55.5 Å². The lowest BCUT2D eigenvalue weighted by Crippen LogP contribution is -2.20. The van der Waals surface area contributed by atoms with Gasteiger partial charge in [0.15, 0.2) is 0 Å². The van der Waals surface area contributed by atoms with Crippen molar-refractivity contribution in [1.29, 1.82) is 0 Å². The van der Waals surface area contributed by atoms with Crippen molar-refractivity contribution >= 4 is 6.29 Å². The largest absolute Gasteiger partial charge is 0.497 e. The van der Waals surface area contributed by atoms with E-state index in [1.54, 1.807) is 7.11 Å². The number of allylic oxidation sites excluding steroid dienone is 2. The molecule has 0 unspecified atom stereocenters. The monoisotopic (exact) mass is 322 g/mol. The Labute approximate surface area is 145 Å². The molecule has 1 atom stereocenters. The minimum atomic E-state index is -0.534. The number of aryl methyl sites for hydroxylation is 1. The zero-order chi connectivity index (χ0) is 17.3. The van der Waals surface area contributed by atoms with Crippen LogP contribution in [0.3, 0.4) is 0 Å². The molecule has 0 radical (unpaired) electrons. The van der Waals surface area contributed by atoms with Crippen LogP contribution in [0.4, 0.5) is 0 Å². The van der Waals surface area contributed by atoms with Gasteiger partial charge in [0, 0.05) is 0 Å². The molecule has 2 heteroatoms. The van der Waals surface area contributed by atoms with E-state index in [4.69, 9.17) is 4.74 Å². The molecule has 0 saturated heterocycles. The summed E-state index contributed by atoms with van der Waals surface area (Å²) in [5.74, 6) is 0.914. The van der Waals surface area contributed by atoms with E-state index in [0.717, 1.165) is 43.3 Å². The lowest BCUT2D eigenvalue weighted by Gasteiger charge is -2.19. The van der Waals surface area contributed by atoms with Gasteiger partial charge in [-0.3, -0.25) is 0 Å². The summed E-state index contributed by atoms with van der Waals surface area (Å²) in [7, 11) is 1.70. The van der Waals surface area contributed by atoms with Crippen LogP contribution in [0.25, 0.3) is 0 Å². The van der Waals surface area contributed by atoms with Gasteiger partial charge in [0.2, 0.25) is 0 Å². The first kappa shape index (κ1) is 18.0. The smallest absolute Gasteiger partial charge is 0.134 e. The van der Waals surface area contributed by atoms with Crippen molar-refractivity contribution in [3.05, 3.63) is 77.9 Å². The molecule has 2 aromatic rings. The molecule has 0 heterocycles. The van der Waals surface area contributed by atoms with Gasteiger partial charge in [0.25, 0.3) is 0 Å². The van der Waals surface area contributed by atoms with Gasteiger partial charge in [-0.1, -0.05) is 54.6 Å². The van der Waals surface area contributed by atoms with Crippen LogP contribution >= 0.6 is 0 Å². The first-order chi connectivity index (χ1) is 11.7. The fourth-order valence-electron chi connectivity index (χ4n) is 2.75. The predicted molar refractivity (Wildman–Crippen MR) is 99.5 cm³/mol. The summed E-state index contributed by atoms with van der Waals surface area (Å²) in [4.78, 5) is 11.5. The molecule has 0 bridgehead atoms. The van der Waals surface area contributed by atoms with Crippen LogP contribution in [0.2, 0.25) is 0 Å². The van der Waals surface area contributed by atoms with Crippen molar-refractivity contribution in [2.24, 2.45) is 0 Å². The summed E-state index contributed by atoms with van der Waals surface area (Å²) >= 11 is 0. The van der Waals surface area contributed by atoms with Crippen molar-refractivity contribution in [3.63, 3.8) is 0 Å². The van der Waals surface area contributed by atoms with Crippen molar-refractivity contribution in [2.45, 2.75) is 38.0 Å². The first-order valence-electron chi connectivity index (χ1n) is 8.50. The van der Waals surface area contributed by atoms with Crippen molar-refractivity contribution < 1.29 is 9.53 Å². The Morgan fingerprint density at radius 3 is 2.54 bits per heavy atom. The molecule has 2 nitrogen and oxygen atoms in total. The SMILES string of the molecule is COc1cccc(CCCC/C=C/[C@@](C)(C=O)c2ccccc2)c1. The van der Waals surface area contributed by atoms with Gasteiger partial charge in [-0.05, 0) is 55.9 Å². The molecule has 126 valence electrons. The van der Waals surface area contributed by atoms with Gasteiger partial charge in [-0.25, -0.2) is 0 Å². The summed E-state index contributed by atoms with van der Waals surface area (Å²) < 4.78 is 5.25. The molecule has 0 aromatic heterocycles. The second-order valence-electron chi connectivity index (χ2n) is 6.27. The highest BCUT2D eigenvalue weighted by Crippen LogP contribution is 2.23. The zero-order valence-corrected chi connectivity index (χ0v) is 14.6. The summed E-state index contributed by atoms with van der Waals surface area (Å²) in [5, 5.41) is 0. The second kappa shape index (κ2) is 9.07. The lowest BCUT2D eigenvalue weighted by atomic mass is 9.83. The van der Waals surface area contributed by atoms with Crippen LogP contribution in [-0.2, 0) is 16.6 Å². The number of hydrogen-bond donors (Lipinski definition) is 0. The van der Waals surface area contributed by atoms with E-state index in [9.17, 15) is 4.79 Å². The zero-order valence-electron chi connectivity index (χ0n) is 14.6. The number of carbonyl (C=O) groups is 1. The second-order valence-corrected chi connectivity index (χ2v) is 6.27. The molecular weight excluding hydrogens is 296 g/mol. The number of rotatable bonds is 9. The Hall–Kier alpha value is -2.35. The average Bonchev–Trinajstić information content (AvgIpc) is 2.65. The number of aldehydes is 1. The van der Waals surface area contributed by atoms with Crippen LogP contribution in [0, 0.1) is 0 Å². The maximum Gasteiger partial charge on any atom is 0.134 e. The van der Waals surface area contributed by atoms with Crippen molar-refractivity contribution in [2.75, 3.05) is 7.11 Å². The van der Waals surface area contributed by atoms with E-state index in [1.165, 1.54) is 5.56 Å². The molecule has 0 spiro atoms. The molecule has 0 saturated carbocycles. The molecule has 2 aromatic carbocycles. The Balaban J connectivity index is 1.80. The number of unbranched alkanes of at least 4 members (excludes halogenated alkanes) is 2. The summed E-state index contributed by atoms with van der Waals surface area (Å²) in [5.41, 5.74) is 1.81. The maximum atomic E-state index is 11.5. The molecular formula is C22H26O2. The van der Waals surface area contributed by atoms with Gasteiger partial charge in [-0.2, -0.15) is 0 Å². The topological polar surface area (TPSA) is 26.3 Å². The Morgan fingerprint density at radius 1 is 1.04 bits per heavy atom. The third kappa shape index (κ3) is 5.09. The van der Waals surface area contributed by atoms with Crippen LogP contribution in [0.15, 0.2) is 66.7 Å². The van der Waals surface area contributed by atoms with E-state index in [0.29, 0.717) is 0 Å². The van der Waals surface area contributed by atoms with E-state index in [-0.39, 0.29) is 0 Å². The molecule has 0 N–H and O–H groups in total. The summed E-state index contributed by atoms with van der Waals surface area (Å²) in [6.07, 6.45) is 9.45. The highest BCUT2D eigenvalue weighted by atomic mass is 16.5. The van der Waals surface area contributed by atoms with Crippen LogP contribution < -0.4 is 4.74 Å². The third-order valence-corrected chi connectivity index (χ3v) is 4.33. The minimum Gasteiger partial charge on any atom is -0.497 e. The number of benzene rings is 2. The van der Waals surface area contributed by atoms with Crippen LogP contribution in [0.1, 0.15) is 37.3 Å². The van der Waals surface area contributed by atoms with Crippen molar-refractivity contribution in [1.82, 2.24) is 0 Å². The quantitative estimate of drug-likeness (QED) is 0.364. The van der Waals surface area contributed by atoms with E-state index < -0.39 is 5.41 Å². The highest BCUT2D eigenvalue weighted by molar-refractivity contribution is 5.71. The van der Waals surface area contributed by atoms with Gasteiger partial charge in [-0.15, -0.1) is 0 Å². The normalized spacial score (nSPS) is 13.6. The van der Waals surface area contributed by atoms with Crippen LogP contribution in [0.5, 0.6) is 5.75 Å². The summed E-state index contributed by atoms with van der Waals surface area (Å²) in [6, 6.07) is 18.1. The Bertz CT molecular complexity index is 661. The predicted octanol–water partition coefficient (Wildman–Crippen LogP) is 5.12. The Morgan fingerprint density at radius 2 is 1.83 bits per heavy atom. The molecule has 2 rings (SSSR count). The number of ether oxygens (including phenoxy) is 1. The van der Waals surface area contributed by atoms with E-state index >= 15 is 0 Å². The molecule has 0 aliphatic rings. The fraction of sp³-hybridized carbons (Fsp3) is 0.318. The summed E-state index contributed by atoms with van der Waals surface area (Å²) in [6.45, 7) is 1.96. The van der Waals surface area contributed by atoms with Crippen LogP contribution in [-0.4, -0.2) is 13.4 Å². The lowest BCUT2D eigenvalue weighted by molar-refractivity contribution is -0.110.